The zero-order valence-corrected chi connectivity index (χ0v) is 10.6. The van der Waals surface area contributed by atoms with E-state index in [1.807, 2.05) is 0 Å². The summed E-state index contributed by atoms with van der Waals surface area (Å²) in [5.41, 5.74) is 1.31. The number of benzene rings is 3. The lowest BCUT2D eigenvalue weighted by Crippen LogP contribution is -1.78. The van der Waals surface area contributed by atoms with E-state index < -0.39 is 0 Å². The molecule has 0 nitrogen and oxygen atoms in total. The van der Waals surface area contributed by atoms with Crippen molar-refractivity contribution in [3.8, 4) is 0 Å². The topological polar surface area (TPSA) is 0 Å². The van der Waals surface area contributed by atoms with E-state index in [0.29, 0.717) is 0 Å². The minimum atomic E-state index is 1.13. The predicted molar refractivity (Wildman–Crippen MR) is 73.9 cm³/mol. The van der Waals surface area contributed by atoms with Gasteiger partial charge in [0.15, 0.2) is 0 Å². The molecular weight excluding hydrogens is 260 g/mol. The molecule has 3 aromatic carbocycles. The first-order valence-corrected chi connectivity index (χ1v) is 6.11. The van der Waals surface area contributed by atoms with E-state index in [0.717, 1.165) is 4.47 Å². The standard InChI is InChI=1S/C15H11Br/c1-10-2-3-11-8-14-9-15(16)5-4-12(14)7-13(11)6-10/h2-9H,1H3. The van der Waals surface area contributed by atoms with Gasteiger partial charge in [0, 0.05) is 4.47 Å². The molecule has 3 rings (SSSR count). The molecule has 1 heteroatoms. The maximum atomic E-state index is 3.51. The third-order valence-corrected chi connectivity index (χ3v) is 3.41. The molecule has 3 aromatic rings. The summed E-state index contributed by atoms with van der Waals surface area (Å²) in [7, 11) is 0. The van der Waals surface area contributed by atoms with Crippen LogP contribution in [0.3, 0.4) is 0 Å². The fourth-order valence-corrected chi connectivity index (χ4v) is 2.47. The number of hydrogen-bond donors (Lipinski definition) is 0. The average molecular weight is 271 g/mol. The molecule has 0 saturated carbocycles. The molecule has 0 fully saturated rings. The molecule has 0 N–H and O–H groups in total. The van der Waals surface area contributed by atoms with Crippen LogP contribution in [-0.2, 0) is 0 Å². The van der Waals surface area contributed by atoms with Crippen molar-refractivity contribution in [3.05, 3.63) is 58.6 Å². The summed E-state index contributed by atoms with van der Waals surface area (Å²) in [6, 6.07) is 17.5. The van der Waals surface area contributed by atoms with Crippen LogP contribution in [0.25, 0.3) is 21.5 Å². The fourth-order valence-electron chi connectivity index (χ4n) is 2.09. The largest absolute Gasteiger partial charge is 0.0587 e. The SMILES string of the molecule is Cc1ccc2cc3cc(Br)ccc3cc2c1. The molecule has 0 atom stereocenters. The number of fused-ring (bicyclic) bond motifs is 2. The molecular formula is C15H11Br. The lowest BCUT2D eigenvalue weighted by Gasteiger charge is -2.03. The van der Waals surface area contributed by atoms with Crippen molar-refractivity contribution in [2.45, 2.75) is 6.92 Å². The second-order valence-electron chi connectivity index (χ2n) is 4.19. The van der Waals surface area contributed by atoms with Crippen LogP contribution in [0, 0.1) is 6.92 Å². The van der Waals surface area contributed by atoms with Crippen LogP contribution in [0.15, 0.2) is 53.0 Å². The summed E-state index contributed by atoms with van der Waals surface area (Å²) in [5, 5.41) is 5.19. The molecule has 0 aromatic heterocycles. The molecule has 0 saturated heterocycles. The minimum Gasteiger partial charge on any atom is -0.0587 e. The Labute approximate surface area is 103 Å². The van der Waals surface area contributed by atoms with Gasteiger partial charge in [-0.15, -0.1) is 0 Å². The number of aryl methyl sites for hydroxylation is 1. The normalized spacial score (nSPS) is 11.1. The molecule has 0 radical (unpaired) electrons. The van der Waals surface area contributed by atoms with Crippen molar-refractivity contribution in [2.75, 3.05) is 0 Å². The van der Waals surface area contributed by atoms with Gasteiger partial charge < -0.3 is 0 Å². The van der Waals surface area contributed by atoms with Crippen LogP contribution in [0.2, 0.25) is 0 Å². The smallest absolute Gasteiger partial charge is 0.0181 e. The minimum absolute atomic E-state index is 1.13. The Bertz CT molecular complexity index is 622. The maximum absolute atomic E-state index is 3.51. The molecule has 78 valence electrons. The van der Waals surface area contributed by atoms with Gasteiger partial charge in [-0.2, -0.15) is 0 Å². The van der Waals surface area contributed by atoms with Gasteiger partial charge in [0.1, 0.15) is 0 Å². The molecule has 0 aliphatic rings. The van der Waals surface area contributed by atoms with Gasteiger partial charge in [-0.25, -0.2) is 0 Å². The highest BCUT2D eigenvalue weighted by Gasteiger charge is 1.99. The molecule has 0 heterocycles. The van der Waals surface area contributed by atoms with E-state index in [9.17, 15) is 0 Å². The van der Waals surface area contributed by atoms with Crippen LogP contribution >= 0.6 is 15.9 Å². The first-order valence-electron chi connectivity index (χ1n) is 5.32. The van der Waals surface area contributed by atoms with Crippen molar-refractivity contribution in [3.63, 3.8) is 0 Å². The Hall–Kier alpha value is -1.34. The van der Waals surface area contributed by atoms with E-state index in [1.54, 1.807) is 0 Å². The quantitative estimate of drug-likeness (QED) is 0.501. The van der Waals surface area contributed by atoms with Gasteiger partial charge in [0.25, 0.3) is 0 Å². The van der Waals surface area contributed by atoms with Crippen molar-refractivity contribution in [1.29, 1.82) is 0 Å². The molecule has 0 aliphatic heterocycles. The Morgan fingerprint density at radius 3 is 2.06 bits per heavy atom. The van der Waals surface area contributed by atoms with Gasteiger partial charge in [-0.05, 0) is 52.7 Å². The first kappa shape index (κ1) is 9.86. The summed E-state index contributed by atoms with van der Waals surface area (Å²) in [5.74, 6) is 0. The highest BCUT2D eigenvalue weighted by Crippen LogP contribution is 2.26. The second-order valence-corrected chi connectivity index (χ2v) is 5.11. The highest BCUT2D eigenvalue weighted by atomic mass is 79.9. The van der Waals surface area contributed by atoms with Crippen LogP contribution in [-0.4, -0.2) is 0 Å². The monoisotopic (exact) mass is 270 g/mol. The zero-order chi connectivity index (χ0) is 11.1. The van der Waals surface area contributed by atoms with E-state index in [-0.39, 0.29) is 0 Å². The van der Waals surface area contributed by atoms with Crippen LogP contribution in [0.1, 0.15) is 5.56 Å². The Kier molecular flexibility index (Phi) is 2.22. The summed E-state index contributed by atoms with van der Waals surface area (Å²) in [4.78, 5) is 0. The van der Waals surface area contributed by atoms with Crippen molar-refractivity contribution >= 4 is 37.5 Å². The van der Waals surface area contributed by atoms with E-state index in [4.69, 9.17) is 0 Å². The molecule has 0 aliphatic carbocycles. The molecule has 0 amide bonds. The van der Waals surface area contributed by atoms with Crippen molar-refractivity contribution < 1.29 is 0 Å². The average Bonchev–Trinajstić information content (AvgIpc) is 2.26. The van der Waals surface area contributed by atoms with E-state index >= 15 is 0 Å². The van der Waals surface area contributed by atoms with Crippen LogP contribution < -0.4 is 0 Å². The van der Waals surface area contributed by atoms with Crippen LogP contribution in [0.4, 0.5) is 0 Å². The molecule has 16 heavy (non-hydrogen) atoms. The Morgan fingerprint density at radius 1 is 0.688 bits per heavy atom. The third kappa shape index (κ3) is 1.61. The lowest BCUT2D eigenvalue weighted by atomic mass is 10.0. The summed E-state index contributed by atoms with van der Waals surface area (Å²) >= 11 is 3.51. The fraction of sp³-hybridized carbons (Fsp3) is 0.0667. The van der Waals surface area contributed by atoms with Crippen molar-refractivity contribution in [1.82, 2.24) is 0 Å². The van der Waals surface area contributed by atoms with Crippen molar-refractivity contribution in [2.24, 2.45) is 0 Å². The molecule has 0 spiro atoms. The van der Waals surface area contributed by atoms with E-state index in [1.165, 1.54) is 27.1 Å². The van der Waals surface area contributed by atoms with Crippen LogP contribution in [0.5, 0.6) is 0 Å². The lowest BCUT2D eigenvalue weighted by molar-refractivity contribution is 1.51. The highest BCUT2D eigenvalue weighted by molar-refractivity contribution is 9.10. The third-order valence-electron chi connectivity index (χ3n) is 2.91. The van der Waals surface area contributed by atoms with Gasteiger partial charge in [0.2, 0.25) is 0 Å². The Morgan fingerprint density at radius 2 is 1.31 bits per heavy atom. The summed E-state index contributed by atoms with van der Waals surface area (Å²) < 4.78 is 1.13. The number of hydrogen-bond acceptors (Lipinski definition) is 0. The maximum Gasteiger partial charge on any atom is 0.0181 e. The Balaban J connectivity index is 2.44. The summed E-state index contributed by atoms with van der Waals surface area (Å²) in [6.45, 7) is 2.13. The molecule has 0 unspecified atom stereocenters. The van der Waals surface area contributed by atoms with Gasteiger partial charge >= 0.3 is 0 Å². The predicted octanol–water partition coefficient (Wildman–Crippen LogP) is 5.06. The number of rotatable bonds is 0. The second kappa shape index (κ2) is 3.60. The molecule has 0 bridgehead atoms. The van der Waals surface area contributed by atoms with Gasteiger partial charge in [0.05, 0.1) is 0 Å². The first-order chi connectivity index (χ1) is 7.72. The summed E-state index contributed by atoms with van der Waals surface area (Å²) in [6.07, 6.45) is 0. The van der Waals surface area contributed by atoms with Gasteiger partial charge in [-0.3, -0.25) is 0 Å². The van der Waals surface area contributed by atoms with Gasteiger partial charge in [-0.1, -0.05) is 45.8 Å². The number of halogens is 1. The van der Waals surface area contributed by atoms with E-state index in [2.05, 4.69) is 71.4 Å². The zero-order valence-electron chi connectivity index (χ0n) is 9.00.